The maximum Gasteiger partial charge on any atom is 0.251 e. The highest BCUT2D eigenvalue weighted by Gasteiger charge is 2.49. The van der Waals surface area contributed by atoms with Crippen molar-refractivity contribution in [2.45, 2.75) is 76.8 Å². The van der Waals surface area contributed by atoms with E-state index in [9.17, 15) is 9.59 Å². The van der Waals surface area contributed by atoms with Gasteiger partial charge in [-0.2, -0.15) is 0 Å². The van der Waals surface area contributed by atoms with Crippen molar-refractivity contribution < 1.29 is 23.5 Å². The summed E-state index contributed by atoms with van der Waals surface area (Å²) >= 11 is 0. The number of nitrogens with zero attached hydrogens (tertiary/aromatic N) is 2. The molecule has 2 aliphatic heterocycles. The van der Waals surface area contributed by atoms with Crippen molar-refractivity contribution in [1.29, 1.82) is 0 Å². The van der Waals surface area contributed by atoms with Gasteiger partial charge in [0.1, 0.15) is 6.17 Å². The zero-order chi connectivity index (χ0) is 25.1. The number of benzene rings is 1. The molecule has 34 heavy (non-hydrogen) atoms. The van der Waals surface area contributed by atoms with Gasteiger partial charge >= 0.3 is 0 Å². The Morgan fingerprint density at radius 1 is 1.15 bits per heavy atom. The molecule has 1 saturated heterocycles. The molecule has 0 aromatic heterocycles. The third kappa shape index (κ3) is 5.77. The van der Waals surface area contributed by atoms with Crippen LogP contribution < -0.4 is 5.43 Å². The number of carbonyl (C=O) groups excluding carboxylic acids is 2. The van der Waals surface area contributed by atoms with Gasteiger partial charge in [-0.05, 0) is 30.6 Å². The first-order chi connectivity index (χ1) is 16.0. The summed E-state index contributed by atoms with van der Waals surface area (Å²) in [6.07, 6.45) is 1.79. The average Bonchev–Trinajstić information content (AvgIpc) is 2.77. The molecule has 1 aromatic carbocycles. The van der Waals surface area contributed by atoms with Crippen molar-refractivity contribution in [2.24, 2.45) is 0 Å². The fourth-order valence-corrected chi connectivity index (χ4v) is 4.96. The van der Waals surface area contributed by atoms with E-state index >= 15 is 0 Å². The van der Waals surface area contributed by atoms with Crippen molar-refractivity contribution in [2.75, 3.05) is 20.3 Å². The van der Waals surface area contributed by atoms with Crippen LogP contribution in [0.1, 0.15) is 33.3 Å². The first-order valence-electron chi connectivity index (χ1n) is 11.8. The Kier molecular flexibility index (Phi) is 8.36. The SMILES string of the molecule is COC[C@H](C)N1C(=O)C2C(OCc3ccccc3)C(=O)C=CN2NC1CO[Si](C)(C)C(C)(C)C. The van der Waals surface area contributed by atoms with Crippen LogP contribution in [0.4, 0.5) is 0 Å². The van der Waals surface area contributed by atoms with Crippen LogP contribution in [0, 0.1) is 0 Å². The van der Waals surface area contributed by atoms with E-state index in [2.05, 4.69) is 39.3 Å². The quantitative estimate of drug-likeness (QED) is 0.534. The standard InChI is InChI=1S/C25H39N3O5Si/c1-18(15-31-5)28-21(17-33-34(6,7)25(2,3)4)26-27-14-13-20(29)23(22(27)24(28)30)32-16-19-11-9-8-10-12-19/h8-14,18,21-23,26H,15-17H2,1-7H3/t18-,21?,22?,23?/m0/s1. The number of hydrogen-bond donors (Lipinski definition) is 1. The van der Waals surface area contributed by atoms with E-state index < -0.39 is 26.6 Å². The highest BCUT2D eigenvalue weighted by atomic mass is 28.4. The second-order valence-electron chi connectivity index (χ2n) is 10.6. The molecule has 0 spiro atoms. The van der Waals surface area contributed by atoms with Gasteiger partial charge in [0.05, 0.1) is 25.9 Å². The second-order valence-corrected chi connectivity index (χ2v) is 15.4. The molecule has 2 aliphatic rings. The summed E-state index contributed by atoms with van der Waals surface area (Å²) in [5, 5.41) is 1.75. The van der Waals surface area contributed by atoms with E-state index in [1.807, 2.05) is 37.3 Å². The van der Waals surface area contributed by atoms with Gasteiger partial charge in [0.15, 0.2) is 26.2 Å². The van der Waals surface area contributed by atoms with E-state index in [-0.39, 0.29) is 29.4 Å². The minimum Gasteiger partial charge on any atom is -0.413 e. The van der Waals surface area contributed by atoms with Crippen LogP contribution in [0.2, 0.25) is 18.1 Å². The third-order valence-corrected chi connectivity index (χ3v) is 11.5. The van der Waals surface area contributed by atoms with Crippen molar-refractivity contribution in [3.05, 3.63) is 48.2 Å². The lowest BCUT2D eigenvalue weighted by molar-refractivity contribution is -0.171. The van der Waals surface area contributed by atoms with Crippen LogP contribution >= 0.6 is 0 Å². The van der Waals surface area contributed by atoms with Crippen LogP contribution in [-0.4, -0.2) is 74.6 Å². The zero-order valence-electron chi connectivity index (χ0n) is 21.4. The van der Waals surface area contributed by atoms with E-state index in [0.717, 1.165) is 5.56 Å². The number of ketones is 1. The predicted molar refractivity (Wildman–Crippen MR) is 133 cm³/mol. The number of ether oxygens (including phenoxy) is 2. The number of fused-ring (bicyclic) bond motifs is 1. The lowest BCUT2D eigenvalue weighted by Gasteiger charge is -2.51. The van der Waals surface area contributed by atoms with Gasteiger partial charge in [0.25, 0.3) is 5.91 Å². The normalized spacial score (nSPS) is 24.4. The monoisotopic (exact) mass is 489 g/mol. The molecule has 1 fully saturated rings. The fraction of sp³-hybridized carbons (Fsp3) is 0.600. The van der Waals surface area contributed by atoms with Crippen LogP contribution in [0.3, 0.4) is 0 Å². The Hall–Kier alpha value is -2.04. The topological polar surface area (TPSA) is 80.3 Å². The number of hydrogen-bond acceptors (Lipinski definition) is 7. The minimum absolute atomic E-state index is 0.0466. The van der Waals surface area contributed by atoms with Crippen LogP contribution in [0.15, 0.2) is 42.6 Å². The number of methoxy groups -OCH3 is 1. The number of nitrogens with one attached hydrogen (secondary N) is 1. The van der Waals surface area contributed by atoms with Crippen LogP contribution in [0.5, 0.6) is 0 Å². The smallest absolute Gasteiger partial charge is 0.251 e. The molecule has 188 valence electrons. The molecule has 1 amide bonds. The van der Waals surface area contributed by atoms with E-state index in [4.69, 9.17) is 13.9 Å². The van der Waals surface area contributed by atoms with Gasteiger partial charge in [-0.3, -0.25) is 14.6 Å². The highest BCUT2D eigenvalue weighted by Crippen LogP contribution is 2.37. The second kappa shape index (κ2) is 10.7. The van der Waals surface area contributed by atoms with Gasteiger partial charge in [-0.25, -0.2) is 5.43 Å². The average molecular weight is 490 g/mol. The summed E-state index contributed by atoms with van der Waals surface area (Å²) in [6.45, 7) is 13.8. The lowest BCUT2D eigenvalue weighted by Crippen LogP contribution is -2.74. The fourth-order valence-electron chi connectivity index (χ4n) is 3.96. The Morgan fingerprint density at radius 2 is 1.82 bits per heavy atom. The van der Waals surface area contributed by atoms with E-state index in [1.54, 1.807) is 23.2 Å². The molecule has 0 bridgehead atoms. The summed E-state index contributed by atoms with van der Waals surface area (Å²) in [4.78, 5) is 28.4. The molecule has 0 aliphatic carbocycles. The zero-order valence-corrected chi connectivity index (χ0v) is 22.4. The molecule has 0 saturated carbocycles. The number of amides is 1. The maximum atomic E-state index is 13.9. The first kappa shape index (κ1) is 26.6. The Morgan fingerprint density at radius 3 is 2.44 bits per heavy atom. The molecule has 3 unspecified atom stereocenters. The molecule has 1 N–H and O–H groups in total. The first-order valence-corrected chi connectivity index (χ1v) is 14.7. The third-order valence-electron chi connectivity index (χ3n) is 6.97. The molecule has 2 heterocycles. The molecule has 4 atom stereocenters. The summed E-state index contributed by atoms with van der Waals surface area (Å²) in [5.74, 6) is -0.398. The van der Waals surface area contributed by atoms with Gasteiger partial charge < -0.3 is 18.8 Å². The summed E-state index contributed by atoms with van der Waals surface area (Å²) < 4.78 is 17.8. The minimum atomic E-state index is -2.04. The number of rotatable bonds is 9. The molecule has 1 aromatic rings. The number of hydrazine groups is 1. The van der Waals surface area contributed by atoms with Crippen molar-refractivity contribution in [1.82, 2.24) is 15.3 Å². The van der Waals surface area contributed by atoms with Gasteiger partial charge in [-0.15, -0.1) is 0 Å². The molecular weight excluding hydrogens is 450 g/mol. The summed E-state index contributed by atoms with van der Waals surface area (Å²) in [5.41, 5.74) is 4.35. The molecular formula is C25H39N3O5Si. The Balaban J connectivity index is 1.83. The molecule has 8 nitrogen and oxygen atoms in total. The number of carbonyl (C=O) groups is 2. The van der Waals surface area contributed by atoms with E-state index in [0.29, 0.717) is 13.2 Å². The van der Waals surface area contributed by atoms with Crippen molar-refractivity contribution >= 4 is 20.0 Å². The van der Waals surface area contributed by atoms with Gasteiger partial charge in [-0.1, -0.05) is 51.1 Å². The summed E-state index contributed by atoms with van der Waals surface area (Å²) in [6, 6.07) is 8.62. The Labute approximate surface area is 204 Å². The van der Waals surface area contributed by atoms with Crippen molar-refractivity contribution in [3.63, 3.8) is 0 Å². The largest absolute Gasteiger partial charge is 0.413 e. The van der Waals surface area contributed by atoms with Gasteiger partial charge in [0.2, 0.25) is 0 Å². The molecule has 3 rings (SSSR count). The van der Waals surface area contributed by atoms with E-state index in [1.165, 1.54) is 6.08 Å². The van der Waals surface area contributed by atoms with Crippen molar-refractivity contribution in [3.8, 4) is 0 Å². The Bertz CT molecular complexity index is 886. The lowest BCUT2D eigenvalue weighted by atomic mass is 9.98. The van der Waals surface area contributed by atoms with Crippen LogP contribution in [-0.2, 0) is 30.1 Å². The molecule has 0 radical (unpaired) electrons. The summed E-state index contributed by atoms with van der Waals surface area (Å²) in [7, 11) is -0.421. The highest BCUT2D eigenvalue weighted by molar-refractivity contribution is 6.74. The molecule has 9 heteroatoms. The predicted octanol–water partition coefficient (Wildman–Crippen LogP) is 3.07. The van der Waals surface area contributed by atoms with Gasteiger partial charge in [0, 0.05) is 19.4 Å². The maximum absolute atomic E-state index is 13.9. The van der Waals surface area contributed by atoms with Crippen LogP contribution in [0.25, 0.3) is 0 Å².